The Balaban J connectivity index is 1.46. The normalized spacial score (nSPS) is 11.5. The minimum atomic E-state index is 0.324. The first-order valence-electron chi connectivity index (χ1n) is 13.7. The third kappa shape index (κ3) is 4.96. The largest absolute Gasteiger partial charge is 0.269 e. The number of hydrogen-bond acceptors (Lipinski definition) is 7. The predicted octanol–water partition coefficient (Wildman–Crippen LogP) is 9.92. The van der Waals surface area contributed by atoms with Crippen molar-refractivity contribution in [3.8, 4) is 39.6 Å². The first kappa shape index (κ1) is 26.8. The van der Waals surface area contributed by atoms with Gasteiger partial charge in [-0.3, -0.25) is 4.57 Å². The molecule has 0 spiro atoms. The molecule has 0 aliphatic heterocycles. The fourth-order valence-electron chi connectivity index (χ4n) is 5.04. The van der Waals surface area contributed by atoms with E-state index in [1.807, 2.05) is 6.07 Å². The zero-order chi connectivity index (χ0) is 28.6. The molecule has 0 atom stereocenters. The van der Waals surface area contributed by atoms with Gasteiger partial charge < -0.3 is 0 Å². The predicted molar refractivity (Wildman–Crippen MR) is 176 cm³/mol. The summed E-state index contributed by atoms with van der Waals surface area (Å²) >= 11 is 4.85. The van der Waals surface area contributed by atoms with Crippen LogP contribution in [0.25, 0.3) is 49.8 Å². The summed E-state index contributed by atoms with van der Waals surface area (Å²) in [6.07, 6.45) is 0. The number of para-hydroxylation sites is 1. The lowest BCUT2D eigenvalue weighted by Gasteiger charge is -2.17. The number of benzene rings is 3. The summed E-state index contributed by atoms with van der Waals surface area (Å²) in [5.41, 5.74) is 7.83. The fraction of sp³-hybridized carbons (Fsp3) is 0.118. The van der Waals surface area contributed by atoms with Gasteiger partial charge in [-0.25, -0.2) is 9.97 Å². The molecule has 0 unspecified atom stereocenters. The molecule has 0 fully saturated rings. The van der Waals surface area contributed by atoms with Gasteiger partial charge >= 0.3 is 0 Å². The summed E-state index contributed by atoms with van der Waals surface area (Å²) in [6, 6.07) is 29.5. The third-order valence-corrected chi connectivity index (χ3v) is 9.69. The molecular weight excluding hydrogens is 575 g/mol. The number of nitrogens with zero attached hydrogens (tertiary/aromatic N) is 5. The van der Waals surface area contributed by atoms with Crippen molar-refractivity contribution in [3.63, 3.8) is 0 Å². The van der Waals surface area contributed by atoms with Crippen LogP contribution in [0.5, 0.6) is 0 Å². The highest BCUT2D eigenvalue weighted by Crippen LogP contribution is 2.43. The highest BCUT2D eigenvalue weighted by atomic mass is 32.2. The third-order valence-electron chi connectivity index (χ3n) is 7.20. The number of fused-ring (bicyclic) bond motifs is 1. The van der Waals surface area contributed by atoms with Crippen LogP contribution in [-0.2, 0) is 0 Å². The van der Waals surface area contributed by atoms with Crippen LogP contribution >= 0.6 is 34.4 Å². The van der Waals surface area contributed by atoms with E-state index in [0.29, 0.717) is 5.92 Å². The van der Waals surface area contributed by atoms with Gasteiger partial charge in [0.15, 0.2) is 11.6 Å². The van der Waals surface area contributed by atoms with Crippen LogP contribution in [0.4, 0.5) is 0 Å². The number of aryl methyl sites for hydroxylation is 1. The van der Waals surface area contributed by atoms with E-state index < -0.39 is 0 Å². The Labute approximate surface area is 257 Å². The summed E-state index contributed by atoms with van der Waals surface area (Å²) in [6.45, 7) is 6.54. The van der Waals surface area contributed by atoms with Gasteiger partial charge in [-0.1, -0.05) is 92.2 Å². The molecule has 0 amide bonds. The summed E-state index contributed by atoms with van der Waals surface area (Å²) in [5.74, 6) is 1.85. The first-order chi connectivity index (χ1) is 20.6. The molecule has 206 valence electrons. The Morgan fingerprint density at radius 2 is 1.55 bits per heavy atom. The molecule has 8 heteroatoms. The number of hydrogen-bond donors (Lipinski definition) is 0. The molecule has 4 heterocycles. The van der Waals surface area contributed by atoms with Crippen LogP contribution in [0.2, 0.25) is 0 Å². The SMILES string of the molecule is Cc1ccc(-c2nnc(Sc3nc(-c4ccsc4)nc4scc(-c5ccccc5)c34)n2-c2ccccc2C(C)C)cc1. The van der Waals surface area contributed by atoms with Crippen LogP contribution in [0.1, 0.15) is 30.9 Å². The van der Waals surface area contributed by atoms with Crippen molar-refractivity contribution in [3.05, 3.63) is 112 Å². The minimum Gasteiger partial charge on any atom is -0.269 e. The fourth-order valence-corrected chi connectivity index (χ4v) is 7.66. The molecule has 4 aromatic heterocycles. The standard InChI is InChI=1S/C34H27N5S3/c1-21(2)26-11-7-8-12-28(26)39-31(24-15-13-22(3)14-16-24)37-38-34(39)42-33-29-27(23-9-5-4-6-10-23)20-41-32(29)35-30(36-33)25-17-18-40-19-25/h4-21H,1-3H3. The topological polar surface area (TPSA) is 56.5 Å². The zero-order valence-corrected chi connectivity index (χ0v) is 25.8. The van der Waals surface area contributed by atoms with Gasteiger partial charge in [0, 0.05) is 27.5 Å². The molecule has 0 saturated carbocycles. The van der Waals surface area contributed by atoms with Gasteiger partial charge in [-0.15, -0.1) is 21.5 Å². The molecule has 0 N–H and O–H groups in total. The Kier molecular flexibility index (Phi) is 7.19. The van der Waals surface area contributed by atoms with E-state index in [9.17, 15) is 0 Å². The van der Waals surface area contributed by atoms with Crippen molar-refractivity contribution in [2.75, 3.05) is 0 Å². The lowest BCUT2D eigenvalue weighted by molar-refractivity contribution is 0.818. The van der Waals surface area contributed by atoms with Crippen LogP contribution in [0.15, 0.2) is 111 Å². The molecule has 0 saturated heterocycles. The van der Waals surface area contributed by atoms with Crippen molar-refractivity contribution in [1.29, 1.82) is 0 Å². The molecule has 3 aromatic carbocycles. The Morgan fingerprint density at radius 1 is 0.762 bits per heavy atom. The van der Waals surface area contributed by atoms with Gasteiger partial charge in [0.2, 0.25) is 5.16 Å². The Morgan fingerprint density at radius 3 is 2.31 bits per heavy atom. The maximum absolute atomic E-state index is 5.17. The average molecular weight is 602 g/mol. The van der Waals surface area contributed by atoms with Gasteiger partial charge in [-0.05, 0) is 53.2 Å². The number of thiophene rings is 2. The summed E-state index contributed by atoms with van der Waals surface area (Å²) in [5, 5.41) is 18.6. The van der Waals surface area contributed by atoms with E-state index in [4.69, 9.17) is 20.2 Å². The van der Waals surface area contributed by atoms with Crippen LogP contribution < -0.4 is 0 Å². The summed E-state index contributed by atoms with van der Waals surface area (Å²) in [7, 11) is 0. The molecule has 7 rings (SSSR count). The lowest BCUT2D eigenvalue weighted by atomic mass is 10.0. The van der Waals surface area contributed by atoms with Crippen molar-refractivity contribution < 1.29 is 0 Å². The van der Waals surface area contributed by atoms with E-state index in [0.717, 1.165) is 60.0 Å². The molecule has 5 nitrogen and oxygen atoms in total. The Bertz CT molecular complexity index is 1990. The maximum atomic E-state index is 5.17. The first-order valence-corrected chi connectivity index (χ1v) is 16.4. The molecule has 0 aliphatic carbocycles. The molecule has 0 bridgehead atoms. The highest BCUT2D eigenvalue weighted by Gasteiger charge is 2.23. The molecule has 0 aliphatic rings. The second kappa shape index (κ2) is 11.3. The van der Waals surface area contributed by atoms with Gasteiger partial charge in [-0.2, -0.15) is 11.3 Å². The number of rotatable bonds is 7. The van der Waals surface area contributed by atoms with Crippen molar-refractivity contribution in [1.82, 2.24) is 24.7 Å². The van der Waals surface area contributed by atoms with Crippen LogP contribution in [0.3, 0.4) is 0 Å². The van der Waals surface area contributed by atoms with Crippen LogP contribution in [0, 0.1) is 6.92 Å². The highest BCUT2D eigenvalue weighted by molar-refractivity contribution is 7.99. The number of aromatic nitrogens is 5. The van der Waals surface area contributed by atoms with Crippen LogP contribution in [-0.4, -0.2) is 24.7 Å². The molecule has 42 heavy (non-hydrogen) atoms. The second-order valence-electron chi connectivity index (χ2n) is 10.4. The minimum absolute atomic E-state index is 0.324. The van der Waals surface area contributed by atoms with E-state index in [1.54, 1.807) is 34.4 Å². The average Bonchev–Trinajstić information content (AvgIpc) is 3.78. The second-order valence-corrected chi connectivity index (χ2v) is 13.0. The van der Waals surface area contributed by atoms with Gasteiger partial charge in [0.05, 0.1) is 11.1 Å². The lowest BCUT2D eigenvalue weighted by Crippen LogP contribution is -2.05. The quantitative estimate of drug-likeness (QED) is 0.170. The van der Waals surface area contributed by atoms with Crippen molar-refractivity contribution in [2.24, 2.45) is 0 Å². The van der Waals surface area contributed by atoms with Crippen molar-refractivity contribution in [2.45, 2.75) is 36.9 Å². The van der Waals surface area contributed by atoms with E-state index in [1.165, 1.54) is 11.1 Å². The summed E-state index contributed by atoms with van der Waals surface area (Å²) in [4.78, 5) is 11.1. The smallest absolute Gasteiger partial charge is 0.202 e. The van der Waals surface area contributed by atoms with E-state index in [2.05, 4.69) is 120 Å². The van der Waals surface area contributed by atoms with Gasteiger partial charge in [0.1, 0.15) is 9.86 Å². The van der Waals surface area contributed by atoms with E-state index in [-0.39, 0.29) is 0 Å². The maximum Gasteiger partial charge on any atom is 0.202 e. The molecule has 0 radical (unpaired) electrons. The van der Waals surface area contributed by atoms with Crippen molar-refractivity contribution >= 4 is 44.7 Å². The molecule has 7 aromatic rings. The summed E-state index contributed by atoms with van der Waals surface area (Å²) < 4.78 is 2.19. The monoisotopic (exact) mass is 601 g/mol. The molecular formula is C34H27N5S3. The van der Waals surface area contributed by atoms with Gasteiger partial charge in [0.25, 0.3) is 0 Å². The zero-order valence-electron chi connectivity index (χ0n) is 23.4. The Hall–Kier alpha value is -4.11. The van der Waals surface area contributed by atoms with E-state index >= 15 is 0 Å².